The third-order valence-electron chi connectivity index (χ3n) is 2.56. The van der Waals surface area contributed by atoms with E-state index >= 15 is 0 Å². The lowest BCUT2D eigenvalue weighted by atomic mass is 10.2. The fourth-order valence-electron chi connectivity index (χ4n) is 1.65. The lowest BCUT2D eigenvalue weighted by Crippen LogP contribution is -2.18. The number of rotatable bonds is 16. The van der Waals surface area contributed by atoms with Crippen LogP contribution in [0.3, 0.4) is 0 Å². The summed E-state index contributed by atoms with van der Waals surface area (Å²) in [6.45, 7) is 6.33. The molecule has 0 amide bonds. The molecule has 0 aliphatic heterocycles. The summed E-state index contributed by atoms with van der Waals surface area (Å²) >= 11 is 0. The van der Waals surface area contributed by atoms with E-state index < -0.39 is 21.2 Å². The first-order chi connectivity index (χ1) is 12.0. The maximum absolute atomic E-state index is 11.7. The van der Waals surface area contributed by atoms with E-state index in [2.05, 4.69) is 11.4 Å². The van der Waals surface area contributed by atoms with Gasteiger partial charge in [0.25, 0.3) is 0 Å². The zero-order valence-electron chi connectivity index (χ0n) is 15.9. The molecule has 158 valence electrons. The summed E-state index contributed by atoms with van der Waals surface area (Å²) in [6.07, 6.45) is 3.74. The fraction of sp³-hybridized carbons (Fsp3) is 1.00. The topological polar surface area (TPSA) is 112 Å². The van der Waals surface area contributed by atoms with Crippen LogP contribution in [0.5, 0.6) is 0 Å². The molecule has 0 aromatic rings. The third kappa shape index (κ3) is 18.3. The van der Waals surface area contributed by atoms with Gasteiger partial charge in [-0.1, -0.05) is 41.4 Å². The van der Waals surface area contributed by atoms with Crippen molar-refractivity contribution in [2.45, 2.75) is 59.0 Å². The average Bonchev–Trinajstić information content (AvgIpc) is 2.48. The molecule has 2 unspecified atom stereocenters. The van der Waals surface area contributed by atoms with Gasteiger partial charge in [0.1, 0.15) is 0 Å². The predicted octanol–water partition coefficient (Wildman–Crippen LogP) is 5.01. The molecule has 0 fully saturated rings. The molecule has 0 heterocycles. The standard InChI is InChI=1S/C14H32O8P2S2/c1-5-25-26-13-9-7-6-8-10-19-23(15,16)20-11-12-21-24(17,18)22-14(2,3)4/h5-13H2,1-4H3,(H,15,16)(H,17,18). The molecule has 0 aliphatic rings. The Morgan fingerprint density at radius 1 is 0.808 bits per heavy atom. The van der Waals surface area contributed by atoms with Crippen LogP contribution in [-0.2, 0) is 27.2 Å². The van der Waals surface area contributed by atoms with Crippen molar-refractivity contribution >= 4 is 37.2 Å². The van der Waals surface area contributed by atoms with E-state index in [9.17, 15) is 18.9 Å². The van der Waals surface area contributed by atoms with Gasteiger partial charge in [-0.2, -0.15) is 0 Å². The summed E-state index contributed by atoms with van der Waals surface area (Å²) in [5, 5.41) is 0. The van der Waals surface area contributed by atoms with Crippen molar-refractivity contribution in [3.05, 3.63) is 0 Å². The Labute approximate surface area is 164 Å². The minimum Gasteiger partial charge on any atom is -0.302 e. The maximum Gasteiger partial charge on any atom is 0.472 e. The second-order valence-corrected chi connectivity index (χ2v) is 12.0. The molecular formula is C14H32O8P2S2. The van der Waals surface area contributed by atoms with Gasteiger partial charge in [-0.15, -0.1) is 0 Å². The summed E-state index contributed by atoms with van der Waals surface area (Å²) in [5.41, 5.74) is -0.853. The highest BCUT2D eigenvalue weighted by molar-refractivity contribution is 8.76. The number of hydrogen-bond acceptors (Lipinski definition) is 8. The van der Waals surface area contributed by atoms with Gasteiger partial charge in [-0.3, -0.25) is 18.1 Å². The molecule has 8 nitrogen and oxygen atoms in total. The van der Waals surface area contributed by atoms with E-state index in [0.29, 0.717) is 6.42 Å². The largest absolute Gasteiger partial charge is 0.472 e. The van der Waals surface area contributed by atoms with E-state index in [1.54, 1.807) is 20.8 Å². The molecule has 0 saturated carbocycles. The molecule has 2 N–H and O–H groups in total. The van der Waals surface area contributed by atoms with E-state index in [1.165, 1.54) is 0 Å². The van der Waals surface area contributed by atoms with E-state index in [4.69, 9.17) is 13.6 Å². The first-order valence-corrected chi connectivity index (χ1v) is 14.0. The van der Waals surface area contributed by atoms with Crippen molar-refractivity contribution in [2.24, 2.45) is 0 Å². The van der Waals surface area contributed by atoms with Crippen LogP contribution >= 0.6 is 37.2 Å². The van der Waals surface area contributed by atoms with Crippen molar-refractivity contribution < 1.29 is 37.0 Å². The molecular weight excluding hydrogens is 422 g/mol. The molecule has 0 radical (unpaired) electrons. The Kier molecular flexibility index (Phi) is 14.5. The molecule has 0 aromatic heterocycles. The van der Waals surface area contributed by atoms with Crippen molar-refractivity contribution in [1.29, 1.82) is 0 Å². The second kappa shape index (κ2) is 14.0. The van der Waals surface area contributed by atoms with Crippen LogP contribution in [-0.4, -0.2) is 46.7 Å². The van der Waals surface area contributed by atoms with E-state index in [-0.39, 0.29) is 19.8 Å². The Bertz CT molecular complexity index is 459. The molecule has 0 rings (SSSR count). The van der Waals surface area contributed by atoms with Crippen molar-refractivity contribution in [1.82, 2.24) is 0 Å². The SMILES string of the molecule is CCSSCCCCCCOP(=O)(O)OCCOP(=O)(O)OC(C)(C)C. The Morgan fingerprint density at radius 2 is 1.35 bits per heavy atom. The number of hydrogen-bond donors (Lipinski definition) is 2. The Balaban J connectivity index is 3.73. The Morgan fingerprint density at radius 3 is 1.92 bits per heavy atom. The lowest BCUT2D eigenvalue weighted by molar-refractivity contribution is 0.0512. The quantitative estimate of drug-likeness (QED) is 0.187. The van der Waals surface area contributed by atoms with Crippen LogP contribution in [0.1, 0.15) is 53.4 Å². The number of unbranched alkanes of at least 4 members (excludes halogenated alkanes) is 3. The van der Waals surface area contributed by atoms with Gasteiger partial charge < -0.3 is 9.79 Å². The summed E-state index contributed by atoms with van der Waals surface area (Å²) < 4.78 is 42.3. The van der Waals surface area contributed by atoms with Crippen LogP contribution in [0.4, 0.5) is 0 Å². The third-order valence-corrected chi connectivity index (χ3v) is 7.43. The minimum atomic E-state index is -4.24. The van der Waals surface area contributed by atoms with E-state index in [0.717, 1.165) is 30.8 Å². The van der Waals surface area contributed by atoms with Crippen LogP contribution < -0.4 is 0 Å². The molecule has 2 atom stereocenters. The van der Waals surface area contributed by atoms with Gasteiger partial charge in [0.2, 0.25) is 0 Å². The molecule has 26 heavy (non-hydrogen) atoms. The van der Waals surface area contributed by atoms with Gasteiger partial charge in [0.15, 0.2) is 0 Å². The van der Waals surface area contributed by atoms with Gasteiger partial charge in [0, 0.05) is 11.5 Å². The highest BCUT2D eigenvalue weighted by Gasteiger charge is 2.29. The van der Waals surface area contributed by atoms with E-state index in [1.807, 2.05) is 21.6 Å². The second-order valence-electron chi connectivity index (χ2n) is 6.28. The van der Waals surface area contributed by atoms with Crippen molar-refractivity contribution in [3.8, 4) is 0 Å². The summed E-state index contributed by atoms with van der Waals surface area (Å²) in [5.74, 6) is 2.21. The first-order valence-electron chi connectivity index (χ1n) is 8.52. The van der Waals surface area contributed by atoms with Crippen LogP contribution in [0.2, 0.25) is 0 Å². The van der Waals surface area contributed by atoms with Crippen LogP contribution in [0, 0.1) is 0 Å². The fourth-order valence-corrected chi connectivity index (χ4v) is 5.26. The highest BCUT2D eigenvalue weighted by atomic mass is 33.1. The zero-order chi connectivity index (χ0) is 20.1. The molecule has 0 aromatic carbocycles. The molecule has 0 spiro atoms. The van der Waals surface area contributed by atoms with Gasteiger partial charge in [0.05, 0.1) is 25.4 Å². The monoisotopic (exact) mass is 454 g/mol. The predicted molar refractivity (Wildman–Crippen MR) is 107 cm³/mol. The maximum atomic E-state index is 11.7. The normalized spacial score (nSPS) is 17.0. The van der Waals surface area contributed by atoms with Crippen LogP contribution in [0.25, 0.3) is 0 Å². The van der Waals surface area contributed by atoms with Gasteiger partial charge >= 0.3 is 15.6 Å². The van der Waals surface area contributed by atoms with Crippen molar-refractivity contribution in [3.63, 3.8) is 0 Å². The zero-order valence-corrected chi connectivity index (χ0v) is 19.3. The molecule has 0 aliphatic carbocycles. The smallest absolute Gasteiger partial charge is 0.302 e. The summed E-state index contributed by atoms with van der Waals surface area (Å²) in [7, 11) is -4.71. The van der Waals surface area contributed by atoms with Crippen molar-refractivity contribution in [2.75, 3.05) is 31.3 Å². The first kappa shape index (κ1) is 26.9. The number of phosphoric acid groups is 2. The van der Waals surface area contributed by atoms with Crippen LogP contribution in [0.15, 0.2) is 0 Å². The molecule has 0 bridgehead atoms. The minimum absolute atomic E-state index is 0.122. The lowest BCUT2D eigenvalue weighted by Gasteiger charge is -2.22. The van der Waals surface area contributed by atoms with Gasteiger partial charge in [-0.25, -0.2) is 9.13 Å². The summed E-state index contributed by atoms with van der Waals surface area (Å²) in [4.78, 5) is 19.0. The highest BCUT2D eigenvalue weighted by Crippen LogP contribution is 2.48. The molecule has 12 heteroatoms. The average molecular weight is 454 g/mol. The van der Waals surface area contributed by atoms with Gasteiger partial charge in [-0.05, 0) is 33.6 Å². The molecule has 0 saturated heterocycles. The number of phosphoric ester groups is 2. The Hall–Kier alpha value is 0.920. The summed E-state index contributed by atoms with van der Waals surface area (Å²) in [6, 6.07) is 0.